The third kappa shape index (κ3) is 4.10. The standard InChI is InChI=1S/C12H18ClNO/c1-9(8-14)5-6-15-12-4-3-11(13)7-10(12)2/h3-4,7,9H,5-6,8,14H2,1-2H3. The van der Waals surface area contributed by atoms with Gasteiger partial charge in [-0.1, -0.05) is 18.5 Å². The van der Waals surface area contributed by atoms with Crippen LogP contribution < -0.4 is 10.5 Å². The Morgan fingerprint density at radius 3 is 2.80 bits per heavy atom. The van der Waals surface area contributed by atoms with Gasteiger partial charge in [0.05, 0.1) is 6.61 Å². The van der Waals surface area contributed by atoms with Crippen molar-refractivity contribution in [3.8, 4) is 5.75 Å². The normalized spacial score (nSPS) is 12.5. The second-order valence-electron chi connectivity index (χ2n) is 3.89. The van der Waals surface area contributed by atoms with Crippen molar-refractivity contribution < 1.29 is 4.74 Å². The Balaban J connectivity index is 2.44. The molecule has 3 heteroatoms. The Morgan fingerprint density at radius 1 is 1.47 bits per heavy atom. The summed E-state index contributed by atoms with van der Waals surface area (Å²) in [7, 11) is 0. The first-order valence-electron chi connectivity index (χ1n) is 5.22. The van der Waals surface area contributed by atoms with Gasteiger partial charge in [-0.2, -0.15) is 0 Å². The van der Waals surface area contributed by atoms with Crippen molar-refractivity contribution in [3.05, 3.63) is 28.8 Å². The molecule has 0 amide bonds. The first-order valence-corrected chi connectivity index (χ1v) is 5.60. The van der Waals surface area contributed by atoms with Gasteiger partial charge in [0.1, 0.15) is 5.75 Å². The second-order valence-corrected chi connectivity index (χ2v) is 4.32. The smallest absolute Gasteiger partial charge is 0.122 e. The molecular formula is C12H18ClNO. The van der Waals surface area contributed by atoms with Gasteiger partial charge in [-0.25, -0.2) is 0 Å². The van der Waals surface area contributed by atoms with Crippen LogP contribution in [0.2, 0.25) is 5.02 Å². The summed E-state index contributed by atoms with van der Waals surface area (Å²) in [5.74, 6) is 1.42. The molecule has 1 atom stereocenters. The number of benzene rings is 1. The highest BCUT2D eigenvalue weighted by molar-refractivity contribution is 6.30. The van der Waals surface area contributed by atoms with E-state index in [4.69, 9.17) is 22.1 Å². The Kier molecular flexibility index (Phi) is 4.92. The maximum atomic E-state index is 5.85. The van der Waals surface area contributed by atoms with Crippen molar-refractivity contribution in [2.75, 3.05) is 13.2 Å². The zero-order valence-electron chi connectivity index (χ0n) is 9.29. The molecule has 15 heavy (non-hydrogen) atoms. The van der Waals surface area contributed by atoms with Crippen molar-refractivity contribution in [3.63, 3.8) is 0 Å². The summed E-state index contributed by atoms with van der Waals surface area (Å²) in [5.41, 5.74) is 6.60. The van der Waals surface area contributed by atoms with E-state index in [1.54, 1.807) is 0 Å². The summed E-state index contributed by atoms with van der Waals surface area (Å²) >= 11 is 5.85. The molecule has 1 rings (SSSR count). The van der Waals surface area contributed by atoms with Crippen LogP contribution in [0, 0.1) is 12.8 Å². The van der Waals surface area contributed by atoms with Gasteiger partial charge >= 0.3 is 0 Å². The Hall–Kier alpha value is -0.730. The minimum absolute atomic E-state index is 0.512. The van der Waals surface area contributed by atoms with Crippen molar-refractivity contribution >= 4 is 11.6 Å². The largest absolute Gasteiger partial charge is 0.493 e. The number of hydrogen-bond acceptors (Lipinski definition) is 2. The van der Waals surface area contributed by atoms with Crippen molar-refractivity contribution in [2.45, 2.75) is 20.3 Å². The van der Waals surface area contributed by atoms with E-state index < -0.39 is 0 Å². The van der Waals surface area contributed by atoms with Gasteiger partial charge in [0.2, 0.25) is 0 Å². The van der Waals surface area contributed by atoms with Crippen LogP contribution in [0.5, 0.6) is 5.75 Å². The molecule has 0 fully saturated rings. The molecule has 0 aliphatic carbocycles. The van der Waals surface area contributed by atoms with Gasteiger partial charge in [-0.15, -0.1) is 0 Å². The van der Waals surface area contributed by atoms with E-state index in [1.807, 2.05) is 25.1 Å². The van der Waals surface area contributed by atoms with Crippen molar-refractivity contribution in [1.82, 2.24) is 0 Å². The van der Waals surface area contributed by atoms with Crippen molar-refractivity contribution in [2.24, 2.45) is 11.7 Å². The molecule has 1 aromatic carbocycles. The van der Waals surface area contributed by atoms with E-state index >= 15 is 0 Å². The van der Waals surface area contributed by atoms with Gasteiger partial charge in [-0.05, 0) is 49.6 Å². The first kappa shape index (κ1) is 12.3. The minimum atomic E-state index is 0.512. The SMILES string of the molecule is Cc1cc(Cl)ccc1OCCC(C)CN. The predicted octanol–water partition coefficient (Wildman–Crippen LogP) is 3.01. The third-order valence-corrected chi connectivity index (χ3v) is 2.64. The molecule has 0 spiro atoms. The average molecular weight is 228 g/mol. The van der Waals surface area contributed by atoms with Crippen LogP contribution in [-0.2, 0) is 0 Å². The van der Waals surface area contributed by atoms with E-state index in [0.717, 1.165) is 22.8 Å². The summed E-state index contributed by atoms with van der Waals surface area (Å²) in [5, 5.41) is 0.746. The molecule has 2 N–H and O–H groups in total. The van der Waals surface area contributed by atoms with Crippen molar-refractivity contribution in [1.29, 1.82) is 0 Å². The molecular weight excluding hydrogens is 210 g/mol. The molecule has 1 unspecified atom stereocenters. The number of aryl methyl sites for hydroxylation is 1. The van der Waals surface area contributed by atoms with Gasteiger partial charge in [-0.3, -0.25) is 0 Å². The van der Waals surface area contributed by atoms with Crippen LogP contribution in [0.4, 0.5) is 0 Å². The number of halogens is 1. The molecule has 1 aromatic rings. The summed E-state index contributed by atoms with van der Waals surface area (Å²) in [6.45, 7) is 5.54. The fourth-order valence-corrected chi connectivity index (χ4v) is 1.49. The van der Waals surface area contributed by atoms with Crippen LogP contribution in [0.1, 0.15) is 18.9 Å². The molecule has 2 nitrogen and oxygen atoms in total. The van der Waals surface area contributed by atoms with Gasteiger partial charge in [0, 0.05) is 5.02 Å². The average Bonchev–Trinajstić information content (AvgIpc) is 2.21. The fourth-order valence-electron chi connectivity index (χ4n) is 1.26. The van der Waals surface area contributed by atoms with Gasteiger partial charge < -0.3 is 10.5 Å². The first-order chi connectivity index (χ1) is 7.13. The maximum absolute atomic E-state index is 5.85. The topological polar surface area (TPSA) is 35.2 Å². The highest BCUT2D eigenvalue weighted by atomic mass is 35.5. The minimum Gasteiger partial charge on any atom is -0.493 e. The Morgan fingerprint density at radius 2 is 2.20 bits per heavy atom. The van der Waals surface area contributed by atoms with Gasteiger partial charge in [0.25, 0.3) is 0 Å². The summed E-state index contributed by atoms with van der Waals surface area (Å²) in [6.07, 6.45) is 0.985. The van der Waals surface area contributed by atoms with E-state index in [2.05, 4.69) is 6.92 Å². The molecule has 0 bridgehead atoms. The maximum Gasteiger partial charge on any atom is 0.122 e. The molecule has 84 valence electrons. The van der Waals surface area contributed by atoms with Crippen LogP contribution in [0.25, 0.3) is 0 Å². The summed E-state index contributed by atoms with van der Waals surface area (Å²) in [6, 6.07) is 5.66. The Bertz CT molecular complexity index is 314. The van der Waals surface area contributed by atoms with Crippen LogP contribution in [-0.4, -0.2) is 13.2 Å². The zero-order valence-corrected chi connectivity index (χ0v) is 10.1. The highest BCUT2D eigenvalue weighted by Gasteiger charge is 2.02. The van der Waals surface area contributed by atoms with E-state index in [9.17, 15) is 0 Å². The lowest BCUT2D eigenvalue weighted by molar-refractivity contribution is 0.284. The van der Waals surface area contributed by atoms with Gasteiger partial charge in [0.15, 0.2) is 0 Å². The lowest BCUT2D eigenvalue weighted by Gasteiger charge is -2.11. The molecule has 0 aromatic heterocycles. The molecule has 0 radical (unpaired) electrons. The lowest BCUT2D eigenvalue weighted by Crippen LogP contribution is -2.14. The molecule has 0 aliphatic rings. The fraction of sp³-hybridized carbons (Fsp3) is 0.500. The summed E-state index contributed by atoms with van der Waals surface area (Å²) in [4.78, 5) is 0. The molecule has 0 saturated heterocycles. The second kappa shape index (κ2) is 5.99. The number of nitrogens with two attached hydrogens (primary N) is 1. The van der Waals surface area contributed by atoms with Crippen LogP contribution in [0.15, 0.2) is 18.2 Å². The molecule has 0 heterocycles. The molecule has 0 saturated carbocycles. The Labute approximate surface area is 96.4 Å². The third-order valence-electron chi connectivity index (χ3n) is 2.41. The lowest BCUT2D eigenvalue weighted by atomic mass is 10.1. The predicted molar refractivity (Wildman–Crippen MR) is 64.5 cm³/mol. The number of rotatable bonds is 5. The molecule has 0 aliphatic heterocycles. The van der Waals surface area contributed by atoms with Crippen LogP contribution >= 0.6 is 11.6 Å². The zero-order chi connectivity index (χ0) is 11.3. The van der Waals surface area contributed by atoms with E-state index in [1.165, 1.54) is 0 Å². The quantitative estimate of drug-likeness (QED) is 0.840. The number of hydrogen-bond donors (Lipinski definition) is 1. The highest BCUT2D eigenvalue weighted by Crippen LogP contribution is 2.22. The van der Waals surface area contributed by atoms with Crippen LogP contribution in [0.3, 0.4) is 0 Å². The van der Waals surface area contributed by atoms with E-state index in [0.29, 0.717) is 19.1 Å². The monoisotopic (exact) mass is 227 g/mol. The van der Waals surface area contributed by atoms with E-state index in [-0.39, 0.29) is 0 Å². The number of ether oxygens (including phenoxy) is 1. The summed E-state index contributed by atoms with van der Waals surface area (Å²) < 4.78 is 5.65.